The number of carbonyl (C=O) groups is 1. The summed E-state index contributed by atoms with van der Waals surface area (Å²) < 4.78 is 10.6. The van der Waals surface area contributed by atoms with Crippen LogP contribution in [0.4, 0.5) is 0 Å². The number of nitrogens with zero attached hydrogens (tertiary/aromatic N) is 1. The zero-order valence-electron chi connectivity index (χ0n) is 12.8. The molecule has 0 aliphatic carbocycles. The fourth-order valence-corrected chi connectivity index (χ4v) is 2.50. The minimum absolute atomic E-state index is 0.143. The lowest BCUT2D eigenvalue weighted by Crippen LogP contribution is -2.54. The first-order valence-electron chi connectivity index (χ1n) is 7.57. The van der Waals surface area contributed by atoms with Crippen LogP contribution in [0.5, 0.6) is 5.75 Å². The molecule has 1 heterocycles. The Kier molecular flexibility index (Phi) is 6.02. The highest BCUT2D eigenvalue weighted by Gasteiger charge is 2.29. The summed E-state index contributed by atoms with van der Waals surface area (Å²) in [6, 6.07) is 7.84. The molecule has 0 saturated carbocycles. The zero-order valence-corrected chi connectivity index (χ0v) is 12.8. The average Bonchev–Trinajstić information content (AvgIpc) is 2.50. The van der Waals surface area contributed by atoms with Crippen molar-refractivity contribution in [2.24, 2.45) is 0 Å². The van der Waals surface area contributed by atoms with Crippen LogP contribution in [-0.2, 0) is 16.1 Å². The van der Waals surface area contributed by atoms with Gasteiger partial charge >= 0.3 is 5.97 Å². The third-order valence-corrected chi connectivity index (χ3v) is 3.53. The molecule has 0 bridgehead atoms. The summed E-state index contributed by atoms with van der Waals surface area (Å²) in [7, 11) is 0. The molecule has 0 radical (unpaired) electrons. The van der Waals surface area contributed by atoms with Gasteiger partial charge in [0.1, 0.15) is 11.8 Å². The van der Waals surface area contributed by atoms with Gasteiger partial charge in [-0.1, -0.05) is 12.1 Å². The Hall–Kier alpha value is -1.59. The molecule has 2 rings (SSSR count). The Morgan fingerprint density at radius 1 is 1.29 bits per heavy atom. The van der Waals surface area contributed by atoms with Crippen molar-refractivity contribution in [3.63, 3.8) is 0 Å². The number of piperazine rings is 1. The number of nitrogens with one attached hydrogen (secondary N) is 1. The maximum absolute atomic E-state index is 12.0. The molecule has 1 aliphatic heterocycles. The summed E-state index contributed by atoms with van der Waals surface area (Å²) in [5.74, 6) is 0.735. The van der Waals surface area contributed by atoms with Crippen molar-refractivity contribution in [3.05, 3.63) is 29.8 Å². The maximum atomic E-state index is 12.0. The van der Waals surface area contributed by atoms with Gasteiger partial charge in [-0.2, -0.15) is 0 Å². The largest absolute Gasteiger partial charge is 0.494 e. The minimum atomic E-state index is -0.203. The van der Waals surface area contributed by atoms with Crippen molar-refractivity contribution in [2.75, 3.05) is 32.8 Å². The van der Waals surface area contributed by atoms with E-state index in [1.54, 1.807) is 0 Å². The highest BCUT2D eigenvalue weighted by Crippen LogP contribution is 2.16. The van der Waals surface area contributed by atoms with E-state index in [9.17, 15) is 4.79 Å². The molecule has 0 amide bonds. The lowest BCUT2D eigenvalue weighted by Gasteiger charge is -2.34. The maximum Gasteiger partial charge on any atom is 0.324 e. The molecule has 1 N–H and O–H groups in total. The molecule has 0 spiro atoms. The van der Waals surface area contributed by atoms with Crippen LogP contribution in [-0.4, -0.2) is 49.8 Å². The summed E-state index contributed by atoms with van der Waals surface area (Å²) in [6.45, 7) is 8.04. The van der Waals surface area contributed by atoms with Crippen LogP contribution in [0, 0.1) is 0 Å². The third kappa shape index (κ3) is 4.44. The molecule has 116 valence electrons. The Balaban J connectivity index is 1.99. The number of carbonyl (C=O) groups excluding carboxylic acids is 1. The number of esters is 1. The van der Waals surface area contributed by atoms with Crippen LogP contribution in [0.1, 0.15) is 19.4 Å². The fourth-order valence-electron chi connectivity index (χ4n) is 2.50. The standard InChI is InChI=1S/C16H24N2O3/c1-3-20-14-7-5-13(6-8-14)12-18-10-9-17-11-15(18)16(19)21-4-2/h5-8,15,17H,3-4,9-12H2,1-2H3. The van der Waals surface area contributed by atoms with Crippen molar-refractivity contribution < 1.29 is 14.3 Å². The van der Waals surface area contributed by atoms with Crippen molar-refractivity contribution in [2.45, 2.75) is 26.4 Å². The van der Waals surface area contributed by atoms with E-state index in [1.807, 2.05) is 26.0 Å². The van der Waals surface area contributed by atoms with Gasteiger partial charge in [-0.25, -0.2) is 0 Å². The number of ether oxygens (including phenoxy) is 2. The second-order valence-electron chi connectivity index (χ2n) is 5.02. The first kappa shape index (κ1) is 15.8. The van der Waals surface area contributed by atoms with E-state index in [-0.39, 0.29) is 12.0 Å². The molecule has 1 aromatic carbocycles. The smallest absolute Gasteiger partial charge is 0.324 e. The lowest BCUT2D eigenvalue weighted by molar-refractivity contribution is -0.150. The second-order valence-corrected chi connectivity index (χ2v) is 5.02. The van der Waals surface area contributed by atoms with Crippen LogP contribution in [0.3, 0.4) is 0 Å². The summed E-state index contributed by atoms with van der Waals surface area (Å²) in [5, 5.41) is 3.25. The topological polar surface area (TPSA) is 50.8 Å². The first-order chi connectivity index (χ1) is 10.2. The summed E-state index contributed by atoms with van der Waals surface area (Å²) >= 11 is 0. The average molecular weight is 292 g/mol. The second kappa shape index (κ2) is 8.00. The third-order valence-electron chi connectivity index (χ3n) is 3.53. The molecule has 1 unspecified atom stereocenters. The van der Waals surface area contributed by atoms with Crippen LogP contribution in [0.2, 0.25) is 0 Å². The summed E-state index contributed by atoms with van der Waals surface area (Å²) in [5.41, 5.74) is 1.18. The molecule has 21 heavy (non-hydrogen) atoms. The highest BCUT2D eigenvalue weighted by atomic mass is 16.5. The van der Waals surface area contributed by atoms with Gasteiger partial charge in [0, 0.05) is 26.2 Å². The van der Waals surface area contributed by atoms with Gasteiger partial charge in [0.15, 0.2) is 0 Å². The predicted molar refractivity (Wildman–Crippen MR) is 81.3 cm³/mol. The number of benzene rings is 1. The van der Waals surface area contributed by atoms with Crippen molar-refractivity contribution in [1.82, 2.24) is 10.2 Å². The van der Waals surface area contributed by atoms with Gasteiger partial charge in [0.2, 0.25) is 0 Å². The van der Waals surface area contributed by atoms with E-state index >= 15 is 0 Å². The van der Waals surface area contributed by atoms with E-state index in [4.69, 9.17) is 9.47 Å². The Labute approximate surface area is 126 Å². The van der Waals surface area contributed by atoms with Crippen molar-refractivity contribution in [1.29, 1.82) is 0 Å². The van der Waals surface area contributed by atoms with E-state index in [1.165, 1.54) is 5.56 Å². The van der Waals surface area contributed by atoms with Crippen molar-refractivity contribution in [3.8, 4) is 5.75 Å². The van der Waals surface area contributed by atoms with E-state index in [2.05, 4.69) is 22.3 Å². The zero-order chi connectivity index (χ0) is 15.1. The molecule has 5 heteroatoms. The highest BCUT2D eigenvalue weighted by molar-refractivity contribution is 5.76. The van der Waals surface area contributed by atoms with Gasteiger partial charge in [0.25, 0.3) is 0 Å². The Bertz CT molecular complexity index is 447. The Morgan fingerprint density at radius 2 is 2.05 bits per heavy atom. The first-order valence-corrected chi connectivity index (χ1v) is 7.57. The fraction of sp³-hybridized carbons (Fsp3) is 0.562. The van der Waals surface area contributed by atoms with Crippen LogP contribution in [0.25, 0.3) is 0 Å². The van der Waals surface area contributed by atoms with Gasteiger partial charge in [0.05, 0.1) is 13.2 Å². The lowest BCUT2D eigenvalue weighted by atomic mass is 10.1. The van der Waals surface area contributed by atoms with Gasteiger partial charge in [-0.3, -0.25) is 9.69 Å². The summed E-state index contributed by atoms with van der Waals surface area (Å²) in [4.78, 5) is 14.2. The molecule has 1 atom stereocenters. The van der Waals surface area contributed by atoms with E-state index in [0.29, 0.717) is 19.8 Å². The normalized spacial score (nSPS) is 19.2. The molecular formula is C16H24N2O3. The molecule has 5 nitrogen and oxygen atoms in total. The summed E-state index contributed by atoms with van der Waals surface area (Å²) in [6.07, 6.45) is 0. The van der Waals surface area contributed by atoms with Gasteiger partial charge in [-0.05, 0) is 31.5 Å². The van der Waals surface area contributed by atoms with Crippen LogP contribution < -0.4 is 10.1 Å². The molecule has 1 aromatic rings. The predicted octanol–water partition coefficient (Wildman–Crippen LogP) is 1.42. The van der Waals surface area contributed by atoms with Crippen LogP contribution in [0.15, 0.2) is 24.3 Å². The SMILES string of the molecule is CCOC(=O)C1CNCCN1Cc1ccc(OCC)cc1. The molecule has 1 saturated heterocycles. The van der Waals surface area contributed by atoms with Crippen LogP contribution >= 0.6 is 0 Å². The molecule has 0 aromatic heterocycles. The molecular weight excluding hydrogens is 268 g/mol. The number of hydrogen-bond donors (Lipinski definition) is 1. The quantitative estimate of drug-likeness (QED) is 0.804. The Morgan fingerprint density at radius 3 is 2.71 bits per heavy atom. The monoisotopic (exact) mass is 292 g/mol. The molecule has 1 fully saturated rings. The number of hydrogen-bond acceptors (Lipinski definition) is 5. The van der Waals surface area contributed by atoms with E-state index in [0.717, 1.165) is 25.4 Å². The molecule has 1 aliphatic rings. The van der Waals surface area contributed by atoms with Gasteiger partial charge < -0.3 is 14.8 Å². The van der Waals surface area contributed by atoms with E-state index < -0.39 is 0 Å². The van der Waals surface area contributed by atoms with Gasteiger partial charge in [-0.15, -0.1) is 0 Å². The van der Waals surface area contributed by atoms with Crippen molar-refractivity contribution >= 4 is 5.97 Å². The minimum Gasteiger partial charge on any atom is -0.494 e. The number of rotatable bonds is 6.